The van der Waals surface area contributed by atoms with E-state index in [0.29, 0.717) is 27.0 Å². The molecule has 1 aliphatic heterocycles. The highest BCUT2D eigenvalue weighted by atomic mass is 35.5. The Morgan fingerprint density at radius 3 is 2.32 bits per heavy atom. The summed E-state index contributed by atoms with van der Waals surface area (Å²) >= 11 is 19.2. The number of ether oxygens (including phenoxy) is 2. The number of nitrogens with zero attached hydrogens (tertiary/aromatic N) is 1. The number of hydrogen-bond acceptors (Lipinski definition) is 6. The molecule has 0 radical (unpaired) electrons. The number of carbonyl (C=O) groups excluding carboxylic acids is 3. The lowest BCUT2D eigenvalue weighted by Gasteiger charge is -2.13. The normalized spacial score (nSPS) is 14.2. The second-order valence-electron chi connectivity index (χ2n) is 7.62. The molecule has 7 nitrogen and oxygen atoms in total. The van der Waals surface area contributed by atoms with Crippen molar-refractivity contribution in [1.29, 1.82) is 0 Å². The van der Waals surface area contributed by atoms with Gasteiger partial charge in [-0.1, -0.05) is 65.1 Å². The summed E-state index contributed by atoms with van der Waals surface area (Å²) in [7, 11) is 0. The number of rotatable bonds is 9. The highest BCUT2D eigenvalue weighted by molar-refractivity contribution is 8.18. The van der Waals surface area contributed by atoms with E-state index in [0.717, 1.165) is 16.7 Å². The molecule has 3 aromatic rings. The van der Waals surface area contributed by atoms with E-state index < -0.39 is 17.1 Å². The van der Waals surface area contributed by atoms with Gasteiger partial charge in [-0.25, -0.2) is 0 Å². The minimum absolute atomic E-state index is 0.0804. The quantitative estimate of drug-likeness (QED) is 0.282. The van der Waals surface area contributed by atoms with Crippen molar-refractivity contribution in [3.63, 3.8) is 0 Å². The molecule has 11 heteroatoms. The van der Waals surface area contributed by atoms with Crippen LogP contribution in [0.3, 0.4) is 0 Å². The largest absolute Gasteiger partial charge is 0.490 e. The molecule has 0 atom stereocenters. The van der Waals surface area contributed by atoms with Gasteiger partial charge in [0.05, 0.1) is 32.2 Å². The van der Waals surface area contributed by atoms with E-state index in [1.807, 2.05) is 0 Å². The predicted molar refractivity (Wildman–Crippen MR) is 147 cm³/mol. The van der Waals surface area contributed by atoms with Crippen LogP contribution in [0.5, 0.6) is 11.5 Å². The fraction of sp³-hybridized carbons (Fsp3) is 0.115. The molecular weight excluding hydrogens is 559 g/mol. The van der Waals surface area contributed by atoms with Crippen LogP contribution in [-0.2, 0) is 9.59 Å². The molecule has 0 aromatic heterocycles. The highest BCUT2D eigenvalue weighted by Gasteiger charge is 2.34. The molecule has 3 aromatic carbocycles. The molecule has 0 bridgehead atoms. The van der Waals surface area contributed by atoms with Crippen molar-refractivity contribution >= 4 is 75.4 Å². The maximum absolute atomic E-state index is 12.8. The van der Waals surface area contributed by atoms with Crippen molar-refractivity contribution in [3.8, 4) is 11.5 Å². The Hall–Kier alpha value is -3.17. The fourth-order valence-corrected chi connectivity index (χ4v) is 4.75. The minimum Gasteiger partial charge on any atom is -0.490 e. The van der Waals surface area contributed by atoms with Gasteiger partial charge in [-0.15, -0.1) is 0 Å². The Morgan fingerprint density at radius 2 is 1.59 bits per heavy atom. The average molecular weight is 578 g/mol. The molecule has 1 fully saturated rings. The SMILES string of the molecule is O=C(COc1ccc(/C=C2\SC(=O)N(CCOc3ccccc3Cl)C2=O)cc1Cl)Nc1ccccc1Cl. The van der Waals surface area contributed by atoms with Gasteiger partial charge in [0.25, 0.3) is 17.1 Å². The van der Waals surface area contributed by atoms with Crippen LogP contribution < -0.4 is 14.8 Å². The van der Waals surface area contributed by atoms with Gasteiger partial charge in [0.15, 0.2) is 6.61 Å². The van der Waals surface area contributed by atoms with Crippen LogP contribution in [0, 0.1) is 0 Å². The van der Waals surface area contributed by atoms with Gasteiger partial charge in [-0.3, -0.25) is 19.3 Å². The molecule has 1 N–H and O–H groups in total. The van der Waals surface area contributed by atoms with E-state index in [-0.39, 0.29) is 35.4 Å². The van der Waals surface area contributed by atoms with E-state index >= 15 is 0 Å². The molecule has 4 rings (SSSR count). The van der Waals surface area contributed by atoms with E-state index in [2.05, 4.69) is 5.32 Å². The van der Waals surface area contributed by atoms with Crippen LogP contribution in [0.1, 0.15) is 5.56 Å². The summed E-state index contributed by atoms with van der Waals surface area (Å²) in [6.07, 6.45) is 1.57. The monoisotopic (exact) mass is 576 g/mol. The summed E-state index contributed by atoms with van der Waals surface area (Å²) in [6, 6.07) is 18.6. The zero-order valence-corrected chi connectivity index (χ0v) is 22.2. The lowest BCUT2D eigenvalue weighted by molar-refractivity contribution is -0.123. The number of imide groups is 1. The summed E-state index contributed by atoms with van der Waals surface area (Å²) in [5.74, 6) is -0.0613. The molecule has 0 saturated carbocycles. The summed E-state index contributed by atoms with van der Waals surface area (Å²) in [5, 5.41) is 3.37. The van der Waals surface area contributed by atoms with Crippen molar-refractivity contribution < 1.29 is 23.9 Å². The number of para-hydroxylation sites is 2. The van der Waals surface area contributed by atoms with Crippen molar-refractivity contribution in [2.24, 2.45) is 0 Å². The Morgan fingerprint density at radius 1 is 0.892 bits per heavy atom. The Labute approximate surface area is 232 Å². The first kappa shape index (κ1) is 26.9. The lowest BCUT2D eigenvalue weighted by atomic mass is 10.2. The Bertz CT molecular complexity index is 1380. The molecule has 1 heterocycles. The fourth-order valence-electron chi connectivity index (χ4n) is 3.27. The first-order valence-electron chi connectivity index (χ1n) is 10.9. The molecule has 37 heavy (non-hydrogen) atoms. The summed E-state index contributed by atoms with van der Waals surface area (Å²) in [6.45, 7) is -0.0898. The van der Waals surface area contributed by atoms with Crippen LogP contribution in [0.4, 0.5) is 10.5 Å². The molecule has 0 spiro atoms. The van der Waals surface area contributed by atoms with E-state index in [4.69, 9.17) is 44.3 Å². The second kappa shape index (κ2) is 12.4. The smallest absolute Gasteiger partial charge is 0.293 e. The second-order valence-corrected chi connectivity index (χ2v) is 9.83. The van der Waals surface area contributed by atoms with Gasteiger partial charge in [0, 0.05) is 0 Å². The number of carbonyl (C=O) groups is 3. The predicted octanol–water partition coefficient (Wildman–Crippen LogP) is 6.78. The average Bonchev–Trinajstić information content (AvgIpc) is 3.13. The van der Waals surface area contributed by atoms with Gasteiger partial charge >= 0.3 is 0 Å². The zero-order chi connectivity index (χ0) is 26.4. The molecule has 1 aliphatic rings. The maximum Gasteiger partial charge on any atom is 0.293 e. The number of halogens is 3. The zero-order valence-electron chi connectivity index (χ0n) is 19.1. The van der Waals surface area contributed by atoms with E-state index in [9.17, 15) is 14.4 Å². The standard InChI is InChI=1S/C26H19Cl3N2O5S/c27-17-5-1-3-7-20(17)30-24(32)15-36-22-10-9-16(13-19(22)29)14-23-25(33)31(26(34)37-23)11-12-35-21-8-4-2-6-18(21)28/h1-10,13-14H,11-12,15H2,(H,30,32)/b23-14-. The summed E-state index contributed by atoms with van der Waals surface area (Å²) < 4.78 is 11.1. The highest BCUT2D eigenvalue weighted by Crippen LogP contribution is 2.34. The summed E-state index contributed by atoms with van der Waals surface area (Å²) in [5.41, 5.74) is 1.07. The van der Waals surface area contributed by atoms with Crippen LogP contribution in [0.15, 0.2) is 71.6 Å². The van der Waals surface area contributed by atoms with Gasteiger partial charge in [-0.2, -0.15) is 0 Å². The first-order valence-corrected chi connectivity index (χ1v) is 12.9. The number of thioether (sulfide) groups is 1. The van der Waals surface area contributed by atoms with Gasteiger partial charge in [0.1, 0.15) is 18.1 Å². The minimum atomic E-state index is -0.426. The van der Waals surface area contributed by atoms with Crippen molar-refractivity contribution in [2.45, 2.75) is 0 Å². The molecule has 3 amide bonds. The van der Waals surface area contributed by atoms with Crippen molar-refractivity contribution in [2.75, 3.05) is 25.1 Å². The number of amides is 3. The third kappa shape index (κ3) is 6.99. The van der Waals surface area contributed by atoms with Gasteiger partial charge < -0.3 is 14.8 Å². The number of benzene rings is 3. The topological polar surface area (TPSA) is 84.9 Å². The molecule has 1 saturated heterocycles. The van der Waals surface area contributed by atoms with Crippen LogP contribution in [-0.4, -0.2) is 41.7 Å². The van der Waals surface area contributed by atoms with E-state index in [1.165, 1.54) is 0 Å². The first-order chi connectivity index (χ1) is 17.8. The molecule has 0 unspecified atom stereocenters. The lowest BCUT2D eigenvalue weighted by Crippen LogP contribution is -2.32. The summed E-state index contributed by atoms with van der Waals surface area (Å²) in [4.78, 5) is 38.7. The third-order valence-electron chi connectivity index (χ3n) is 5.04. The van der Waals surface area contributed by atoms with E-state index in [1.54, 1.807) is 72.8 Å². The Balaban J connectivity index is 1.33. The number of nitrogens with one attached hydrogen (secondary N) is 1. The number of hydrogen-bond donors (Lipinski definition) is 1. The van der Waals surface area contributed by atoms with Crippen molar-refractivity contribution in [1.82, 2.24) is 4.90 Å². The third-order valence-corrected chi connectivity index (χ3v) is 6.89. The van der Waals surface area contributed by atoms with Crippen LogP contribution in [0.25, 0.3) is 6.08 Å². The van der Waals surface area contributed by atoms with Crippen LogP contribution >= 0.6 is 46.6 Å². The molecular formula is C26H19Cl3N2O5S. The number of anilines is 1. The Kier molecular flexibility index (Phi) is 9.00. The molecule has 190 valence electrons. The molecule has 0 aliphatic carbocycles. The van der Waals surface area contributed by atoms with Crippen molar-refractivity contribution in [3.05, 3.63) is 92.3 Å². The van der Waals surface area contributed by atoms with Crippen LogP contribution in [0.2, 0.25) is 15.1 Å². The maximum atomic E-state index is 12.8. The van der Waals surface area contributed by atoms with Gasteiger partial charge in [0.2, 0.25) is 0 Å². The van der Waals surface area contributed by atoms with Gasteiger partial charge in [-0.05, 0) is 59.8 Å².